The Hall–Kier alpha value is -2.21. The molecule has 1 aromatic rings. The van der Waals surface area contributed by atoms with Crippen molar-refractivity contribution in [1.29, 1.82) is 0 Å². The van der Waals surface area contributed by atoms with Gasteiger partial charge in [0.2, 0.25) is 0 Å². The van der Waals surface area contributed by atoms with E-state index in [-0.39, 0.29) is 30.4 Å². The van der Waals surface area contributed by atoms with Crippen molar-refractivity contribution in [3.05, 3.63) is 35.4 Å². The van der Waals surface area contributed by atoms with Crippen LogP contribution < -0.4 is 0 Å². The number of esters is 1. The molecule has 6 heteroatoms. The molecular formula is C16H17NO5. The van der Waals surface area contributed by atoms with Crippen molar-refractivity contribution in [1.82, 2.24) is 4.90 Å². The molecule has 1 fully saturated rings. The number of hydrogen-bond donors (Lipinski definition) is 0. The third-order valence-corrected chi connectivity index (χ3v) is 3.92. The number of carbonyl (C=O) groups is 3. The first-order valence-electron chi connectivity index (χ1n) is 7.39. The summed E-state index contributed by atoms with van der Waals surface area (Å²) in [6.07, 6.45) is 0.251. The molecule has 3 rings (SSSR count). The Kier molecular flexibility index (Phi) is 3.94. The van der Waals surface area contributed by atoms with E-state index in [1.807, 2.05) is 0 Å². The highest BCUT2D eigenvalue weighted by Gasteiger charge is 2.39. The van der Waals surface area contributed by atoms with Gasteiger partial charge in [-0.15, -0.1) is 0 Å². The van der Waals surface area contributed by atoms with Gasteiger partial charge < -0.3 is 9.47 Å². The number of ether oxygens (including phenoxy) is 2. The van der Waals surface area contributed by atoms with Crippen molar-refractivity contribution in [2.45, 2.75) is 32.0 Å². The number of fused-ring (bicyclic) bond motifs is 1. The Morgan fingerprint density at radius 3 is 2.45 bits per heavy atom. The summed E-state index contributed by atoms with van der Waals surface area (Å²) < 4.78 is 10.5. The lowest BCUT2D eigenvalue weighted by Crippen LogP contribution is -2.37. The number of benzene rings is 1. The van der Waals surface area contributed by atoms with Crippen molar-refractivity contribution >= 4 is 17.8 Å². The summed E-state index contributed by atoms with van der Waals surface area (Å²) in [7, 11) is 0. The van der Waals surface area contributed by atoms with Crippen LogP contribution in [-0.2, 0) is 14.3 Å². The Morgan fingerprint density at radius 2 is 1.86 bits per heavy atom. The van der Waals surface area contributed by atoms with Crippen molar-refractivity contribution < 1.29 is 23.9 Å². The zero-order valence-corrected chi connectivity index (χ0v) is 12.3. The minimum atomic E-state index is -0.597. The lowest BCUT2D eigenvalue weighted by atomic mass is 10.1. The van der Waals surface area contributed by atoms with E-state index in [1.54, 1.807) is 31.2 Å². The van der Waals surface area contributed by atoms with Crippen molar-refractivity contribution in [3.63, 3.8) is 0 Å². The molecule has 1 saturated heterocycles. The van der Waals surface area contributed by atoms with Gasteiger partial charge in [-0.05, 0) is 31.9 Å². The average Bonchev–Trinajstić information content (AvgIpc) is 3.08. The summed E-state index contributed by atoms with van der Waals surface area (Å²) in [5, 5.41) is 0. The van der Waals surface area contributed by atoms with Crippen LogP contribution in [0, 0.1) is 0 Å². The maximum Gasteiger partial charge on any atom is 0.335 e. The summed E-state index contributed by atoms with van der Waals surface area (Å²) in [5.74, 6) is -0.986. The van der Waals surface area contributed by atoms with Crippen molar-refractivity contribution in [3.8, 4) is 0 Å². The van der Waals surface area contributed by atoms with Crippen LogP contribution in [0.5, 0.6) is 0 Å². The number of rotatable bonds is 4. The molecule has 0 N–H and O–H groups in total. The van der Waals surface area contributed by atoms with Gasteiger partial charge in [0.15, 0.2) is 6.10 Å². The maximum atomic E-state index is 12.3. The normalized spacial score (nSPS) is 23.8. The van der Waals surface area contributed by atoms with Gasteiger partial charge in [-0.3, -0.25) is 14.5 Å². The van der Waals surface area contributed by atoms with Crippen LogP contribution in [0.15, 0.2) is 24.3 Å². The summed E-state index contributed by atoms with van der Waals surface area (Å²) in [6.45, 7) is 2.22. The van der Waals surface area contributed by atoms with Gasteiger partial charge in [0, 0.05) is 0 Å². The Bertz CT molecular complexity index is 592. The first-order valence-corrected chi connectivity index (χ1v) is 7.39. The van der Waals surface area contributed by atoms with Gasteiger partial charge in [0.25, 0.3) is 11.8 Å². The van der Waals surface area contributed by atoms with Gasteiger partial charge in [-0.2, -0.15) is 0 Å². The second kappa shape index (κ2) is 5.88. The molecule has 2 aliphatic heterocycles. The van der Waals surface area contributed by atoms with Crippen LogP contribution in [0.1, 0.15) is 40.5 Å². The van der Waals surface area contributed by atoms with Crippen LogP contribution in [0.2, 0.25) is 0 Å². The highest BCUT2D eigenvalue weighted by atomic mass is 16.6. The maximum absolute atomic E-state index is 12.3. The first-order chi connectivity index (χ1) is 10.6. The number of amides is 2. The average molecular weight is 303 g/mol. The summed E-state index contributed by atoms with van der Waals surface area (Å²) in [5.41, 5.74) is 0.847. The molecule has 22 heavy (non-hydrogen) atoms. The third-order valence-electron chi connectivity index (χ3n) is 3.92. The molecule has 2 aliphatic rings. The molecule has 2 unspecified atom stereocenters. The van der Waals surface area contributed by atoms with Gasteiger partial charge in [-0.1, -0.05) is 12.1 Å². The zero-order chi connectivity index (χ0) is 15.7. The highest BCUT2D eigenvalue weighted by molar-refractivity contribution is 6.21. The molecule has 0 aromatic heterocycles. The second-order valence-corrected chi connectivity index (χ2v) is 5.34. The van der Waals surface area contributed by atoms with E-state index >= 15 is 0 Å². The van der Waals surface area contributed by atoms with Gasteiger partial charge in [0.05, 0.1) is 30.4 Å². The van der Waals surface area contributed by atoms with Crippen LogP contribution in [0.3, 0.4) is 0 Å². The van der Waals surface area contributed by atoms with Gasteiger partial charge in [0.1, 0.15) is 0 Å². The van der Waals surface area contributed by atoms with Crippen molar-refractivity contribution in [2.75, 3.05) is 13.2 Å². The van der Waals surface area contributed by atoms with E-state index in [2.05, 4.69) is 0 Å². The SMILES string of the molecule is CCOC(=O)C1CCC(CN2C(=O)c3ccccc3C2=O)O1. The number of imide groups is 1. The second-order valence-electron chi connectivity index (χ2n) is 5.34. The molecule has 0 bridgehead atoms. The van der Waals surface area contributed by atoms with E-state index in [9.17, 15) is 14.4 Å². The van der Waals surface area contributed by atoms with Gasteiger partial charge >= 0.3 is 5.97 Å². The molecule has 116 valence electrons. The molecular weight excluding hydrogens is 286 g/mol. The lowest BCUT2D eigenvalue weighted by molar-refractivity contribution is -0.155. The molecule has 2 heterocycles. The molecule has 0 saturated carbocycles. The van der Waals surface area contributed by atoms with E-state index in [1.165, 1.54) is 4.90 Å². The van der Waals surface area contributed by atoms with Gasteiger partial charge in [-0.25, -0.2) is 4.79 Å². The molecule has 0 aliphatic carbocycles. The van der Waals surface area contributed by atoms with E-state index < -0.39 is 6.10 Å². The number of nitrogens with zero attached hydrogens (tertiary/aromatic N) is 1. The monoisotopic (exact) mass is 303 g/mol. The fourth-order valence-corrected chi connectivity index (χ4v) is 2.86. The molecule has 2 amide bonds. The van der Waals surface area contributed by atoms with E-state index in [0.29, 0.717) is 30.6 Å². The molecule has 0 spiro atoms. The highest BCUT2D eigenvalue weighted by Crippen LogP contribution is 2.26. The quantitative estimate of drug-likeness (QED) is 0.621. The fourth-order valence-electron chi connectivity index (χ4n) is 2.86. The summed E-state index contributed by atoms with van der Waals surface area (Å²) >= 11 is 0. The molecule has 1 aromatic carbocycles. The number of hydrogen-bond acceptors (Lipinski definition) is 5. The zero-order valence-electron chi connectivity index (χ0n) is 12.3. The smallest absolute Gasteiger partial charge is 0.335 e. The first kappa shape index (κ1) is 14.7. The minimum absolute atomic E-state index is 0.169. The fraction of sp³-hybridized carbons (Fsp3) is 0.438. The van der Waals surface area contributed by atoms with Crippen LogP contribution in [0.4, 0.5) is 0 Å². The van der Waals surface area contributed by atoms with Crippen LogP contribution >= 0.6 is 0 Å². The minimum Gasteiger partial charge on any atom is -0.464 e. The lowest BCUT2D eigenvalue weighted by Gasteiger charge is -2.19. The predicted molar refractivity (Wildman–Crippen MR) is 76.3 cm³/mol. The topological polar surface area (TPSA) is 72.9 Å². The third kappa shape index (κ3) is 2.50. The summed E-state index contributed by atoms with van der Waals surface area (Å²) in [6, 6.07) is 6.76. The Balaban J connectivity index is 1.65. The summed E-state index contributed by atoms with van der Waals surface area (Å²) in [4.78, 5) is 37.4. The predicted octanol–water partition coefficient (Wildman–Crippen LogP) is 1.39. The standard InChI is InChI=1S/C16H17NO5/c1-2-21-16(20)13-8-7-10(22-13)9-17-14(18)11-5-3-4-6-12(11)15(17)19/h3-6,10,13H,2,7-9H2,1H3. The van der Waals surface area contributed by atoms with Crippen molar-refractivity contribution in [2.24, 2.45) is 0 Å². The van der Waals surface area contributed by atoms with E-state index in [0.717, 1.165) is 0 Å². The molecule has 0 radical (unpaired) electrons. The largest absolute Gasteiger partial charge is 0.464 e. The molecule has 2 atom stereocenters. The van der Waals surface area contributed by atoms with Crippen LogP contribution in [0.25, 0.3) is 0 Å². The Labute approximate surface area is 128 Å². The number of carbonyl (C=O) groups excluding carboxylic acids is 3. The van der Waals surface area contributed by atoms with E-state index in [4.69, 9.17) is 9.47 Å². The van der Waals surface area contributed by atoms with Crippen LogP contribution in [-0.4, -0.2) is 48.0 Å². The Morgan fingerprint density at radius 1 is 1.23 bits per heavy atom. The molecule has 6 nitrogen and oxygen atoms in total.